The molecule has 1 rings (SSSR count). The van der Waals surface area contributed by atoms with Crippen LogP contribution in [0.5, 0.6) is 0 Å². The molecule has 92 valence electrons. The van der Waals surface area contributed by atoms with Crippen LogP contribution in [0.25, 0.3) is 0 Å². The van der Waals surface area contributed by atoms with E-state index >= 15 is 0 Å². The molecule has 0 heterocycles. The van der Waals surface area contributed by atoms with Gasteiger partial charge in [-0.1, -0.05) is 36.6 Å². The normalized spacial score (nSPS) is 16.9. The summed E-state index contributed by atoms with van der Waals surface area (Å²) in [5, 5.41) is 1.90. The summed E-state index contributed by atoms with van der Waals surface area (Å²) in [6.07, 6.45) is 9.24. The molecule has 0 bridgehead atoms. The van der Waals surface area contributed by atoms with E-state index in [1.54, 1.807) is 0 Å². The molecule has 1 aliphatic carbocycles. The highest BCUT2D eigenvalue weighted by Crippen LogP contribution is 2.26. The average molecular weight is 252 g/mol. The first-order valence-electron chi connectivity index (χ1n) is 5.37. The van der Waals surface area contributed by atoms with Crippen LogP contribution in [-0.2, 0) is 0 Å². The number of nitrogens with two attached hydrogens (primary N) is 2. The molecule has 0 atom stereocenters. The number of halogens is 1. The third kappa shape index (κ3) is 4.53. The molecule has 2 nitrogen and oxygen atoms in total. The molecule has 1 aliphatic rings. The predicted molar refractivity (Wildman–Crippen MR) is 73.5 cm³/mol. The van der Waals surface area contributed by atoms with Gasteiger partial charge < -0.3 is 11.5 Å². The van der Waals surface area contributed by atoms with E-state index in [-0.39, 0.29) is 0 Å². The molecule has 0 aromatic carbocycles. The van der Waals surface area contributed by atoms with Gasteiger partial charge in [-0.05, 0) is 30.2 Å². The Morgan fingerprint density at radius 1 is 1.59 bits per heavy atom. The molecule has 17 heavy (non-hydrogen) atoms. The fourth-order valence-electron chi connectivity index (χ4n) is 1.30. The Hall–Kier alpha value is -1.42. The van der Waals surface area contributed by atoms with E-state index in [1.807, 2.05) is 17.6 Å². The van der Waals surface area contributed by atoms with Crippen LogP contribution in [-0.4, -0.2) is 0 Å². The lowest BCUT2D eigenvalue weighted by Gasteiger charge is -2.09. The highest BCUT2D eigenvalue weighted by Gasteiger charge is 2.03. The summed E-state index contributed by atoms with van der Waals surface area (Å²) in [7, 11) is 0. The summed E-state index contributed by atoms with van der Waals surface area (Å²) in [6.45, 7) is 3.59. The number of hydrogen-bond acceptors (Lipinski definition) is 3. The molecule has 0 spiro atoms. The van der Waals surface area contributed by atoms with E-state index in [9.17, 15) is 4.39 Å². The van der Waals surface area contributed by atoms with Crippen LogP contribution < -0.4 is 11.5 Å². The SMILES string of the molecule is C=C(C/C=C/SC1=C(N)CCC=C1)/C(F)=C\N. The van der Waals surface area contributed by atoms with Gasteiger partial charge in [-0.25, -0.2) is 4.39 Å². The highest BCUT2D eigenvalue weighted by atomic mass is 32.2. The zero-order valence-corrected chi connectivity index (χ0v) is 10.5. The molecule has 0 radical (unpaired) electrons. The highest BCUT2D eigenvalue weighted by molar-refractivity contribution is 8.06. The molecule has 0 aromatic heterocycles. The van der Waals surface area contributed by atoms with Gasteiger partial charge in [0.2, 0.25) is 0 Å². The molecule has 4 heteroatoms. The van der Waals surface area contributed by atoms with Crippen molar-refractivity contribution in [1.82, 2.24) is 0 Å². The first-order valence-corrected chi connectivity index (χ1v) is 6.25. The first-order chi connectivity index (χ1) is 8.15. The fourth-order valence-corrected chi connectivity index (χ4v) is 2.07. The minimum absolute atomic E-state index is 0.380. The summed E-state index contributed by atoms with van der Waals surface area (Å²) >= 11 is 1.54. The van der Waals surface area contributed by atoms with Gasteiger partial charge >= 0.3 is 0 Å². The van der Waals surface area contributed by atoms with Crippen molar-refractivity contribution in [2.75, 3.05) is 0 Å². The molecule has 0 aliphatic heterocycles. The number of hydrogen-bond donors (Lipinski definition) is 2. The quantitative estimate of drug-likeness (QED) is 0.737. The lowest BCUT2D eigenvalue weighted by atomic mass is 10.1. The average Bonchev–Trinajstić information content (AvgIpc) is 2.35. The predicted octanol–water partition coefficient (Wildman–Crippen LogP) is 3.47. The van der Waals surface area contributed by atoms with Crippen molar-refractivity contribution in [2.45, 2.75) is 19.3 Å². The third-order valence-corrected chi connectivity index (χ3v) is 3.29. The molecule has 4 N–H and O–H groups in total. The van der Waals surface area contributed by atoms with Crippen LogP contribution in [0.3, 0.4) is 0 Å². The lowest BCUT2D eigenvalue weighted by Crippen LogP contribution is -2.01. The maximum absolute atomic E-state index is 12.9. The van der Waals surface area contributed by atoms with Gasteiger partial charge in [0.15, 0.2) is 0 Å². The summed E-state index contributed by atoms with van der Waals surface area (Å²) in [6, 6.07) is 0. The summed E-state index contributed by atoms with van der Waals surface area (Å²) < 4.78 is 12.9. The van der Waals surface area contributed by atoms with Crippen LogP contribution >= 0.6 is 11.8 Å². The minimum atomic E-state index is -0.462. The van der Waals surface area contributed by atoms with Crippen molar-refractivity contribution in [3.8, 4) is 0 Å². The first kappa shape index (κ1) is 13.6. The van der Waals surface area contributed by atoms with Crippen molar-refractivity contribution >= 4 is 11.8 Å². The second-order valence-electron chi connectivity index (χ2n) is 3.64. The second-order valence-corrected chi connectivity index (χ2v) is 4.59. The maximum Gasteiger partial charge on any atom is 0.141 e. The molecule has 0 saturated carbocycles. The van der Waals surface area contributed by atoms with E-state index in [4.69, 9.17) is 11.5 Å². The number of rotatable bonds is 5. The van der Waals surface area contributed by atoms with Crippen molar-refractivity contribution in [3.63, 3.8) is 0 Å². The molecule has 0 unspecified atom stereocenters. The maximum atomic E-state index is 12.9. The molecule has 0 fully saturated rings. The lowest BCUT2D eigenvalue weighted by molar-refractivity contribution is 0.644. The van der Waals surface area contributed by atoms with Crippen molar-refractivity contribution in [1.29, 1.82) is 0 Å². The van der Waals surface area contributed by atoms with Gasteiger partial charge in [-0.15, -0.1) is 0 Å². The molecule has 0 saturated heterocycles. The Bertz CT molecular complexity index is 406. The summed E-state index contributed by atoms with van der Waals surface area (Å²) in [5.41, 5.74) is 12.2. The fraction of sp³-hybridized carbons (Fsp3) is 0.231. The van der Waals surface area contributed by atoms with Gasteiger partial charge in [0, 0.05) is 16.8 Å². The minimum Gasteiger partial charge on any atom is -0.402 e. The number of thioether (sulfide) groups is 1. The van der Waals surface area contributed by atoms with Crippen molar-refractivity contribution in [3.05, 3.63) is 58.4 Å². The Labute approximate surface area is 106 Å². The van der Waals surface area contributed by atoms with Crippen LogP contribution in [0.1, 0.15) is 19.3 Å². The zero-order valence-electron chi connectivity index (χ0n) is 9.66. The van der Waals surface area contributed by atoms with Gasteiger partial charge in [0.05, 0.1) is 0 Å². The summed E-state index contributed by atoms with van der Waals surface area (Å²) in [5.74, 6) is -0.462. The topological polar surface area (TPSA) is 52.0 Å². The van der Waals surface area contributed by atoms with E-state index in [0.29, 0.717) is 12.0 Å². The van der Waals surface area contributed by atoms with Crippen LogP contribution in [0.15, 0.2) is 58.4 Å². The molecule has 0 amide bonds. The van der Waals surface area contributed by atoms with E-state index in [0.717, 1.165) is 29.6 Å². The van der Waals surface area contributed by atoms with Crippen LogP contribution in [0.2, 0.25) is 0 Å². The Morgan fingerprint density at radius 3 is 3.00 bits per heavy atom. The molecule has 0 aromatic rings. The zero-order chi connectivity index (χ0) is 12.7. The van der Waals surface area contributed by atoms with E-state index in [1.165, 1.54) is 11.8 Å². The summed E-state index contributed by atoms with van der Waals surface area (Å²) in [4.78, 5) is 1.06. The van der Waals surface area contributed by atoms with Crippen molar-refractivity contribution in [2.24, 2.45) is 11.5 Å². The Kier molecular flexibility index (Phi) is 5.63. The standard InChI is InChI=1S/C13H17FN2S/c1-10(11(14)9-15)5-4-8-17-13-7-3-2-6-12(13)16/h3-4,7-9H,1-2,5-6,15-16H2/b8-4+,11-9+. The van der Waals surface area contributed by atoms with Gasteiger partial charge in [0.1, 0.15) is 5.83 Å². The van der Waals surface area contributed by atoms with Gasteiger partial charge in [-0.2, -0.15) is 0 Å². The smallest absolute Gasteiger partial charge is 0.141 e. The Morgan fingerprint density at radius 2 is 2.35 bits per heavy atom. The molecular formula is C13H17FN2S. The molecular weight excluding hydrogens is 235 g/mol. The largest absolute Gasteiger partial charge is 0.402 e. The van der Waals surface area contributed by atoms with Gasteiger partial charge in [0.25, 0.3) is 0 Å². The third-order valence-electron chi connectivity index (χ3n) is 2.31. The van der Waals surface area contributed by atoms with E-state index in [2.05, 4.69) is 12.7 Å². The van der Waals surface area contributed by atoms with Crippen LogP contribution in [0.4, 0.5) is 4.39 Å². The Balaban J connectivity index is 2.41. The number of allylic oxidation sites excluding steroid dienone is 6. The second kappa shape index (κ2) is 7.01. The van der Waals surface area contributed by atoms with Crippen LogP contribution in [0, 0.1) is 0 Å². The van der Waals surface area contributed by atoms with E-state index < -0.39 is 5.83 Å². The monoisotopic (exact) mass is 252 g/mol. The van der Waals surface area contributed by atoms with Gasteiger partial charge in [-0.3, -0.25) is 0 Å². The van der Waals surface area contributed by atoms with Crippen molar-refractivity contribution < 1.29 is 4.39 Å².